The van der Waals surface area contributed by atoms with Crippen LogP contribution in [0.1, 0.15) is 18.1 Å². The van der Waals surface area contributed by atoms with Gasteiger partial charge in [-0.05, 0) is 30.2 Å². The third-order valence-corrected chi connectivity index (χ3v) is 3.48. The van der Waals surface area contributed by atoms with Crippen LogP contribution in [0.25, 0.3) is 0 Å². The van der Waals surface area contributed by atoms with Crippen LogP contribution in [0.2, 0.25) is 0 Å². The number of rotatable bonds is 1. The molecule has 0 spiro atoms. The predicted molar refractivity (Wildman–Crippen MR) is 58.8 cm³/mol. The summed E-state index contributed by atoms with van der Waals surface area (Å²) in [4.78, 5) is 2.48. The highest BCUT2D eigenvalue weighted by Gasteiger charge is 2.15. The largest absolute Gasteiger partial charge is 0.299 e. The zero-order chi connectivity index (χ0) is 9.26. The van der Waals surface area contributed by atoms with Crippen LogP contribution in [-0.2, 0) is 13.0 Å². The van der Waals surface area contributed by atoms with Crippen molar-refractivity contribution in [2.75, 3.05) is 13.1 Å². The van der Waals surface area contributed by atoms with Gasteiger partial charge in [0.15, 0.2) is 0 Å². The van der Waals surface area contributed by atoms with Crippen LogP contribution in [0.4, 0.5) is 0 Å². The molecule has 0 atom stereocenters. The fourth-order valence-corrected chi connectivity index (χ4v) is 2.50. The first kappa shape index (κ1) is 9.22. The van der Waals surface area contributed by atoms with Crippen molar-refractivity contribution in [2.24, 2.45) is 0 Å². The second-order valence-corrected chi connectivity index (χ2v) is 4.35. The van der Waals surface area contributed by atoms with Gasteiger partial charge in [0.25, 0.3) is 0 Å². The molecule has 0 amide bonds. The highest BCUT2D eigenvalue weighted by molar-refractivity contribution is 9.10. The van der Waals surface area contributed by atoms with Gasteiger partial charge in [0.1, 0.15) is 0 Å². The van der Waals surface area contributed by atoms with Crippen molar-refractivity contribution >= 4 is 15.9 Å². The molecule has 0 aliphatic carbocycles. The lowest BCUT2D eigenvalue weighted by Gasteiger charge is -2.28. The Morgan fingerprint density at radius 1 is 1.46 bits per heavy atom. The Kier molecular flexibility index (Phi) is 2.70. The minimum atomic E-state index is 1.12. The van der Waals surface area contributed by atoms with Gasteiger partial charge in [-0.15, -0.1) is 0 Å². The average Bonchev–Trinajstić information content (AvgIpc) is 2.18. The van der Waals surface area contributed by atoms with Gasteiger partial charge in [0, 0.05) is 17.6 Å². The minimum absolute atomic E-state index is 1.12. The number of hydrogen-bond acceptors (Lipinski definition) is 1. The Hall–Kier alpha value is -0.340. The zero-order valence-corrected chi connectivity index (χ0v) is 9.47. The first-order valence-corrected chi connectivity index (χ1v) is 5.59. The number of fused-ring (bicyclic) bond motifs is 1. The Labute approximate surface area is 87.9 Å². The lowest BCUT2D eigenvalue weighted by Crippen LogP contribution is -2.30. The van der Waals surface area contributed by atoms with E-state index in [1.165, 1.54) is 28.6 Å². The van der Waals surface area contributed by atoms with Crippen LogP contribution in [0, 0.1) is 0 Å². The molecule has 0 saturated carbocycles. The third kappa shape index (κ3) is 1.79. The normalized spacial score (nSPS) is 17.1. The minimum Gasteiger partial charge on any atom is -0.299 e. The van der Waals surface area contributed by atoms with Gasteiger partial charge in [-0.25, -0.2) is 0 Å². The van der Waals surface area contributed by atoms with Crippen molar-refractivity contribution in [3.05, 3.63) is 33.8 Å². The van der Waals surface area contributed by atoms with E-state index in [4.69, 9.17) is 0 Å². The van der Waals surface area contributed by atoms with E-state index in [0.29, 0.717) is 0 Å². The van der Waals surface area contributed by atoms with E-state index >= 15 is 0 Å². The van der Waals surface area contributed by atoms with Gasteiger partial charge in [-0.2, -0.15) is 0 Å². The second kappa shape index (κ2) is 3.81. The van der Waals surface area contributed by atoms with Crippen LogP contribution < -0.4 is 0 Å². The van der Waals surface area contributed by atoms with Crippen LogP contribution in [0.15, 0.2) is 22.7 Å². The van der Waals surface area contributed by atoms with E-state index in [1.807, 2.05) is 0 Å². The van der Waals surface area contributed by atoms with Crippen LogP contribution in [0.3, 0.4) is 0 Å². The molecule has 0 bridgehead atoms. The molecule has 0 N–H and O–H groups in total. The van der Waals surface area contributed by atoms with Crippen LogP contribution in [0.5, 0.6) is 0 Å². The molecule has 0 radical (unpaired) electrons. The predicted octanol–water partition coefficient (Wildman–Crippen LogP) is 2.83. The monoisotopic (exact) mass is 239 g/mol. The first-order chi connectivity index (χ1) is 6.31. The molecule has 1 nitrogen and oxygen atoms in total. The van der Waals surface area contributed by atoms with E-state index in [9.17, 15) is 0 Å². The molecule has 1 aliphatic rings. The van der Waals surface area contributed by atoms with E-state index in [2.05, 4.69) is 46.0 Å². The maximum Gasteiger partial charge on any atom is 0.0236 e. The summed E-state index contributed by atoms with van der Waals surface area (Å²) in [5.74, 6) is 0. The first-order valence-electron chi connectivity index (χ1n) is 4.80. The van der Waals surface area contributed by atoms with Crippen LogP contribution >= 0.6 is 15.9 Å². The molecule has 0 aromatic heterocycles. The lowest BCUT2D eigenvalue weighted by molar-refractivity contribution is 0.268. The molecule has 0 unspecified atom stereocenters. The highest BCUT2D eigenvalue weighted by atomic mass is 79.9. The summed E-state index contributed by atoms with van der Waals surface area (Å²) in [5, 5.41) is 0. The van der Waals surface area contributed by atoms with Gasteiger partial charge in [-0.3, -0.25) is 4.90 Å². The molecule has 70 valence electrons. The summed E-state index contributed by atoms with van der Waals surface area (Å²) in [6.07, 6.45) is 1.19. The topological polar surface area (TPSA) is 3.24 Å². The summed E-state index contributed by atoms with van der Waals surface area (Å²) in [7, 11) is 0. The van der Waals surface area contributed by atoms with Gasteiger partial charge >= 0.3 is 0 Å². The molecule has 1 aromatic rings. The quantitative estimate of drug-likeness (QED) is 0.729. The fourth-order valence-electron chi connectivity index (χ4n) is 1.89. The molecular formula is C11H14BrN. The van der Waals surface area contributed by atoms with E-state index < -0.39 is 0 Å². The summed E-state index contributed by atoms with van der Waals surface area (Å²) in [6.45, 7) is 5.70. The Bertz CT molecular complexity index is 309. The van der Waals surface area contributed by atoms with Crippen molar-refractivity contribution in [3.8, 4) is 0 Å². The number of halogens is 1. The highest BCUT2D eigenvalue weighted by Crippen LogP contribution is 2.25. The lowest BCUT2D eigenvalue weighted by atomic mass is 10.0. The molecule has 2 heteroatoms. The SMILES string of the molecule is CCN1CCc2c(Br)cccc2C1. The van der Waals surface area contributed by atoms with Crippen molar-refractivity contribution in [3.63, 3.8) is 0 Å². The van der Waals surface area contributed by atoms with Gasteiger partial charge in [-0.1, -0.05) is 35.0 Å². The molecule has 0 fully saturated rings. The van der Waals surface area contributed by atoms with E-state index in [-0.39, 0.29) is 0 Å². The molecule has 1 aliphatic heterocycles. The van der Waals surface area contributed by atoms with Crippen molar-refractivity contribution in [2.45, 2.75) is 19.9 Å². The molecule has 0 saturated heterocycles. The second-order valence-electron chi connectivity index (χ2n) is 3.50. The van der Waals surface area contributed by atoms with Gasteiger partial charge < -0.3 is 0 Å². The standard InChI is InChI=1S/C11H14BrN/c1-2-13-7-6-10-9(8-13)4-3-5-11(10)12/h3-5H,2,6-8H2,1H3. The molecule has 1 heterocycles. The molecule has 1 aromatic carbocycles. The molecular weight excluding hydrogens is 226 g/mol. The van der Waals surface area contributed by atoms with Gasteiger partial charge in [0.05, 0.1) is 0 Å². The number of benzene rings is 1. The summed E-state index contributed by atoms with van der Waals surface area (Å²) in [6, 6.07) is 6.50. The molecule has 13 heavy (non-hydrogen) atoms. The summed E-state index contributed by atoms with van der Waals surface area (Å²) >= 11 is 3.61. The van der Waals surface area contributed by atoms with Crippen LogP contribution in [-0.4, -0.2) is 18.0 Å². The third-order valence-electron chi connectivity index (χ3n) is 2.74. The number of likely N-dealkylation sites (N-methyl/N-ethyl adjacent to an activating group) is 1. The maximum atomic E-state index is 3.61. The van der Waals surface area contributed by atoms with Crippen molar-refractivity contribution in [1.82, 2.24) is 4.90 Å². The Morgan fingerprint density at radius 2 is 2.31 bits per heavy atom. The van der Waals surface area contributed by atoms with Crippen molar-refractivity contribution in [1.29, 1.82) is 0 Å². The fraction of sp³-hybridized carbons (Fsp3) is 0.455. The number of hydrogen-bond donors (Lipinski definition) is 0. The maximum absolute atomic E-state index is 3.61. The number of nitrogens with zero attached hydrogens (tertiary/aromatic N) is 1. The smallest absolute Gasteiger partial charge is 0.0236 e. The Balaban J connectivity index is 2.31. The summed E-state index contributed by atoms with van der Waals surface area (Å²) < 4.78 is 1.28. The zero-order valence-electron chi connectivity index (χ0n) is 7.89. The summed E-state index contributed by atoms with van der Waals surface area (Å²) in [5.41, 5.74) is 3.00. The van der Waals surface area contributed by atoms with E-state index in [1.54, 1.807) is 0 Å². The van der Waals surface area contributed by atoms with E-state index in [0.717, 1.165) is 13.1 Å². The van der Waals surface area contributed by atoms with Gasteiger partial charge in [0.2, 0.25) is 0 Å². The Morgan fingerprint density at radius 3 is 3.08 bits per heavy atom. The van der Waals surface area contributed by atoms with Crippen molar-refractivity contribution < 1.29 is 0 Å². The average molecular weight is 240 g/mol. The molecule has 2 rings (SSSR count).